The van der Waals surface area contributed by atoms with Crippen molar-refractivity contribution in [3.63, 3.8) is 0 Å². The van der Waals surface area contributed by atoms with Gasteiger partial charge < -0.3 is 13.9 Å². The Hall–Kier alpha value is -1.46. The monoisotopic (exact) mass is 358 g/mol. The maximum Gasteiger partial charge on any atom is 0.239 e. The first-order valence-electron chi connectivity index (χ1n) is 9.12. The Labute approximate surface area is 153 Å². The van der Waals surface area contributed by atoms with Gasteiger partial charge in [-0.1, -0.05) is 73.5 Å². The summed E-state index contributed by atoms with van der Waals surface area (Å²) in [5, 5.41) is 2.69. The second-order valence-electron chi connectivity index (χ2n) is 6.18. The van der Waals surface area contributed by atoms with Gasteiger partial charge in [0.25, 0.3) is 0 Å². The smallest absolute Gasteiger partial charge is 0.239 e. The van der Waals surface area contributed by atoms with Crippen LogP contribution in [0.25, 0.3) is 0 Å². The summed E-state index contributed by atoms with van der Waals surface area (Å²) in [5.41, 5.74) is 0. The van der Waals surface area contributed by atoms with Crippen LogP contribution in [0.4, 0.5) is 0 Å². The van der Waals surface area contributed by atoms with Gasteiger partial charge in [-0.3, -0.25) is 0 Å². The summed E-state index contributed by atoms with van der Waals surface area (Å²) >= 11 is 0. The number of methoxy groups -OCH3 is 2. The fourth-order valence-electron chi connectivity index (χ4n) is 2.94. The minimum absolute atomic E-state index is 0.0656. The van der Waals surface area contributed by atoms with Crippen LogP contribution in [-0.2, 0) is 13.9 Å². The van der Waals surface area contributed by atoms with Crippen LogP contribution in [0, 0.1) is 0 Å². The van der Waals surface area contributed by atoms with Gasteiger partial charge in [-0.05, 0) is 29.6 Å². The minimum Gasteiger partial charge on any atom is -0.411 e. The standard InChI is InChI=1S/C21H30O3Si/c1-22-21(23-2)17-11-3-4-12-18-24-25(19-13-7-5-8-14-19)20-15-9-6-10-16-20/h5-10,13-16,21,25H,3-4,11-12,17-18H2,1-2H3. The second kappa shape index (κ2) is 12.0. The van der Waals surface area contributed by atoms with Gasteiger partial charge in [-0.25, -0.2) is 0 Å². The number of hydrogen-bond acceptors (Lipinski definition) is 3. The summed E-state index contributed by atoms with van der Waals surface area (Å²) in [6, 6.07) is 21.3. The molecular formula is C21H30O3Si. The molecule has 0 saturated heterocycles. The van der Waals surface area contributed by atoms with Crippen molar-refractivity contribution in [2.24, 2.45) is 0 Å². The summed E-state index contributed by atoms with van der Waals surface area (Å²) in [6.45, 7) is 0.832. The normalized spacial score (nSPS) is 11.4. The summed E-state index contributed by atoms with van der Waals surface area (Å²) < 4.78 is 16.8. The lowest BCUT2D eigenvalue weighted by Gasteiger charge is -2.17. The molecule has 2 rings (SSSR count). The van der Waals surface area contributed by atoms with Gasteiger partial charge in [0.2, 0.25) is 9.04 Å². The predicted molar refractivity (Wildman–Crippen MR) is 106 cm³/mol. The van der Waals surface area contributed by atoms with Crippen LogP contribution in [0.15, 0.2) is 60.7 Å². The molecule has 0 spiro atoms. The van der Waals surface area contributed by atoms with E-state index in [1.807, 2.05) is 0 Å². The molecule has 2 aromatic carbocycles. The molecule has 4 heteroatoms. The van der Waals surface area contributed by atoms with E-state index in [1.165, 1.54) is 23.2 Å². The zero-order valence-corrected chi connectivity index (χ0v) is 16.6. The highest BCUT2D eigenvalue weighted by Gasteiger charge is 2.16. The highest BCUT2D eigenvalue weighted by Crippen LogP contribution is 2.08. The first kappa shape index (κ1) is 19.9. The van der Waals surface area contributed by atoms with Gasteiger partial charge in [0.05, 0.1) is 0 Å². The molecule has 0 fully saturated rings. The van der Waals surface area contributed by atoms with Crippen LogP contribution in [0.3, 0.4) is 0 Å². The van der Waals surface area contributed by atoms with E-state index in [2.05, 4.69) is 60.7 Å². The summed E-state index contributed by atoms with van der Waals surface area (Å²) in [4.78, 5) is 0. The third kappa shape index (κ3) is 7.12. The number of ether oxygens (including phenoxy) is 2. The SMILES string of the molecule is COC(CCCCCCO[SiH](c1ccccc1)c1ccccc1)OC. The predicted octanol–water partition coefficient (Wildman–Crippen LogP) is 3.11. The largest absolute Gasteiger partial charge is 0.411 e. The van der Waals surface area contributed by atoms with Crippen molar-refractivity contribution in [1.82, 2.24) is 0 Å². The Morgan fingerprint density at radius 1 is 0.720 bits per heavy atom. The molecule has 2 aromatic rings. The van der Waals surface area contributed by atoms with E-state index in [4.69, 9.17) is 13.9 Å². The van der Waals surface area contributed by atoms with E-state index >= 15 is 0 Å². The number of unbranched alkanes of at least 4 members (excludes halogenated alkanes) is 3. The minimum atomic E-state index is -1.58. The van der Waals surface area contributed by atoms with Crippen LogP contribution < -0.4 is 10.4 Å². The Balaban J connectivity index is 1.76. The fourth-order valence-corrected chi connectivity index (χ4v) is 5.26. The van der Waals surface area contributed by atoms with Crippen LogP contribution in [-0.4, -0.2) is 36.2 Å². The Morgan fingerprint density at radius 3 is 1.76 bits per heavy atom. The van der Waals surface area contributed by atoms with Crippen LogP contribution in [0.5, 0.6) is 0 Å². The molecule has 0 radical (unpaired) electrons. The Morgan fingerprint density at radius 2 is 1.24 bits per heavy atom. The average Bonchev–Trinajstić information content (AvgIpc) is 2.68. The van der Waals surface area contributed by atoms with Gasteiger partial charge in [-0.2, -0.15) is 0 Å². The molecule has 0 aliphatic carbocycles. The van der Waals surface area contributed by atoms with Crippen molar-refractivity contribution in [2.45, 2.75) is 38.4 Å². The van der Waals surface area contributed by atoms with E-state index in [9.17, 15) is 0 Å². The number of hydrogen-bond donors (Lipinski definition) is 0. The molecular weight excluding hydrogens is 328 g/mol. The zero-order chi connectivity index (χ0) is 17.7. The lowest BCUT2D eigenvalue weighted by molar-refractivity contribution is -0.107. The molecule has 3 nitrogen and oxygen atoms in total. The van der Waals surface area contributed by atoms with Crippen LogP contribution in [0.2, 0.25) is 0 Å². The second-order valence-corrected chi connectivity index (χ2v) is 8.60. The lowest BCUT2D eigenvalue weighted by Crippen LogP contribution is -2.45. The summed E-state index contributed by atoms with van der Waals surface area (Å²) in [6.07, 6.45) is 5.50. The van der Waals surface area contributed by atoms with Gasteiger partial charge >= 0.3 is 0 Å². The van der Waals surface area contributed by atoms with E-state index in [-0.39, 0.29) is 6.29 Å². The number of rotatable bonds is 12. The summed E-state index contributed by atoms with van der Waals surface area (Å²) in [7, 11) is 1.81. The lowest BCUT2D eigenvalue weighted by atomic mass is 10.1. The third-order valence-electron chi connectivity index (χ3n) is 4.35. The molecule has 0 saturated carbocycles. The molecule has 0 heterocycles. The first-order chi connectivity index (χ1) is 12.3. The maximum atomic E-state index is 6.37. The molecule has 0 amide bonds. The average molecular weight is 359 g/mol. The molecule has 0 N–H and O–H groups in total. The van der Waals surface area contributed by atoms with Gasteiger partial charge in [-0.15, -0.1) is 0 Å². The van der Waals surface area contributed by atoms with Crippen molar-refractivity contribution in [3.05, 3.63) is 60.7 Å². The topological polar surface area (TPSA) is 27.7 Å². The van der Waals surface area contributed by atoms with Crippen molar-refractivity contribution in [3.8, 4) is 0 Å². The van der Waals surface area contributed by atoms with Crippen molar-refractivity contribution in [1.29, 1.82) is 0 Å². The maximum absolute atomic E-state index is 6.37. The van der Waals surface area contributed by atoms with Gasteiger partial charge in [0, 0.05) is 20.8 Å². The molecule has 0 aromatic heterocycles. The van der Waals surface area contributed by atoms with Gasteiger partial charge in [0.15, 0.2) is 6.29 Å². The van der Waals surface area contributed by atoms with Crippen LogP contribution in [0.1, 0.15) is 32.1 Å². The molecule has 0 aliphatic rings. The molecule has 0 aliphatic heterocycles. The van der Waals surface area contributed by atoms with Crippen molar-refractivity contribution < 1.29 is 13.9 Å². The van der Waals surface area contributed by atoms with E-state index < -0.39 is 9.04 Å². The van der Waals surface area contributed by atoms with E-state index in [0.29, 0.717) is 0 Å². The summed E-state index contributed by atoms with van der Waals surface area (Å²) in [5.74, 6) is 0. The van der Waals surface area contributed by atoms with Crippen molar-refractivity contribution >= 4 is 19.4 Å². The molecule has 0 atom stereocenters. The highest BCUT2D eigenvalue weighted by molar-refractivity contribution is 6.80. The molecule has 0 unspecified atom stereocenters. The quantitative estimate of drug-likeness (QED) is 0.331. The van der Waals surface area contributed by atoms with E-state index in [1.54, 1.807) is 14.2 Å². The molecule has 25 heavy (non-hydrogen) atoms. The Bertz CT molecular complexity index is 518. The third-order valence-corrected chi connectivity index (χ3v) is 6.90. The highest BCUT2D eigenvalue weighted by atomic mass is 28.3. The zero-order valence-electron chi connectivity index (χ0n) is 15.4. The molecule has 136 valence electrons. The Kier molecular flexibility index (Phi) is 9.52. The number of benzene rings is 2. The van der Waals surface area contributed by atoms with E-state index in [0.717, 1.165) is 25.9 Å². The first-order valence-corrected chi connectivity index (χ1v) is 10.7. The van der Waals surface area contributed by atoms with Crippen LogP contribution >= 0.6 is 0 Å². The molecule has 0 bridgehead atoms. The van der Waals surface area contributed by atoms with Gasteiger partial charge in [0.1, 0.15) is 0 Å². The van der Waals surface area contributed by atoms with Crippen molar-refractivity contribution in [2.75, 3.05) is 20.8 Å². The fraction of sp³-hybridized carbons (Fsp3) is 0.429.